The Bertz CT molecular complexity index is 296. The van der Waals surface area contributed by atoms with Crippen molar-refractivity contribution in [2.24, 2.45) is 11.7 Å². The van der Waals surface area contributed by atoms with Gasteiger partial charge in [0.1, 0.15) is 0 Å². The van der Waals surface area contributed by atoms with E-state index in [1.807, 2.05) is 11.8 Å². The molecule has 0 radical (unpaired) electrons. The summed E-state index contributed by atoms with van der Waals surface area (Å²) in [7, 11) is 0. The molecule has 0 aliphatic rings. The summed E-state index contributed by atoms with van der Waals surface area (Å²) in [4.78, 5) is 1.34. The number of benzene rings is 1. The van der Waals surface area contributed by atoms with Gasteiger partial charge in [0.25, 0.3) is 0 Å². The molecule has 0 saturated carbocycles. The number of rotatable bonds is 8. The van der Waals surface area contributed by atoms with Crippen molar-refractivity contribution in [3.05, 3.63) is 29.8 Å². The van der Waals surface area contributed by atoms with Crippen molar-refractivity contribution in [1.29, 1.82) is 0 Å². The highest BCUT2D eigenvalue weighted by atomic mass is 32.2. The Morgan fingerprint density at radius 3 is 2.53 bits per heavy atom. The predicted molar refractivity (Wildman–Crippen MR) is 75.4 cm³/mol. The van der Waals surface area contributed by atoms with E-state index >= 15 is 0 Å². The first-order valence-corrected chi connectivity index (χ1v) is 7.31. The van der Waals surface area contributed by atoms with Gasteiger partial charge < -0.3 is 10.8 Å². The van der Waals surface area contributed by atoms with Gasteiger partial charge in [0, 0.05) is 11.5 Å². The SMILES string of the molecule is CCCSc1ccc(CCC(CN)CO)cc1. The number of thioether (sulfide) groups is 1. The standard InChI is InChI=1S/C14H23NOS/c1-2-9-17-14-7-5-12(6-8-14)3-4-13(10-15)11-16/h5-8,13,16H,2-4,9-11,15H2,1H3. The fraction of sp³-hybridized carbons (Fsp3) is 0.571. The number of aliphatic hydroxyl groups excluding tert-OH is 1. The van der Waals surface area contributed by atoms with Gasteiger partial charge in [-0.25, -0.2) is 0 Å². The van der Waals surface area contributed by atoms with Gasteiger partial charge in [0.15, 0.2) is 0 Å². The van der Waals surface area contributed by atoms with E-state index in [1.54, 1.807) is 0 Å². The molecule has 0 spiro atoms. The van der Waals surface area contributed by atoms with E-state index in [0.717, 1.165) is 12.8 Å². The molecule has 0 bridgehead atoms. The minimum Gasteiger partial charge on any atom is -0.396 e. The topological polar surface area (TPSA) is 46.2 Å². The Labute approximate surface area is 109 Å². The molecule has 0 fully saturated rings. The zero-order chi connectivity index (χ0) is 12.5. The molecule has 1 aromatic carbocycles. The third-order valence-corrected chi connectivity index (χ3v) is 4.05. The molecule has 3 N–H and O–H groups in total. The lowest BCUT2D eigenvalue weighted by Gasteiger charge is -2.11. The molecule has 0 aliphatic heterocycles. The fourth-order valence-corrected chi connectivity index (χ4v) is 2.40. The number of aryl methyl sites for hydroxylation is 1. The zero-order valence-corrected chi connectivity index (χ0v) is 11.4. The second-order valence-corrected chi connectivity index (χ2v) is 5.48. The van der Waals surface area contributed by atoms with E-state index in [1.165, 1.54) is 22.6 Å². The van der Waals surface area contributed by atoms with Crippen LogP contribution < -0.4 is 5.73 Å². The molecule has 1 rings (SSSR count). The van der Waals surface area contributed by atoms with Gasteiger partial charge in [0.05, 0.1) is 0 Å². The van der Waals surface area contributed by atoms with E-state index in [2.05, 4.69) is 31.2 Å². The first-order valence-electron chi connectivity index (χ1n) is 6.32. The maximum absolute atomic E-state index is 9.06. The van der Waals surface area contributed by atoms with Crippen LogP contribution in [0, 0.1) is 5.92 Å². The molecule has 3 heteroatoms. The van der Waals surface area contributed by atoms with E-state index < -0.39 is 0 Å². The minimum atomic E-state index is 0.195. The average Bonchev–Trinajstić information content (AvgIpc) is 2.39. The Hall–Kier alpha value is -0.510. The number of hydrogen-bond acceptors (Lipinski definition) is 3. The van der Waals surface area contributed by atoms with Crippen molar-refractivity contribution < 1.29 is 5.11 Å². The van der Waals surface area contributed by atoms with Gasteiger partial charge in [0.2, 0.25) is 0 Å². The van der Waals surface area contributed by atoms with Crippen LogP contribution in [0.2, 0.25) is 0 Å². The summed E-state index contributed by atoms with van der Waals surface area (Å²) in [6, 6.07) is 8.74. The minimum absolute atomic E-state index is 0.195. The van der Waals surface area contributed by atoms with Crippen molar-refractivity contribution in [3.63, 3.8) is 0 Å². The van der Waals surface area contributed by atoms with Crippen molar-refractivity contribution >= 4 is 11.8 Å². The normalized spacial score (nSPS) is 12.6. The van der Waals surface area contributed by atoms with Crippen LogP contribution in [0.1, 0.15) is 25.3 Å². The molecule has 1 unspecified atom stereocenters. The quantitative estimate of drug-likeness (QED) is 0.700. The lowest BCUT2D eigenvalue weighted by molar-refractivity contribution is 0.223. The van der Waals surface area contributed by atoms with Crippen LogP contribution in [0.5, 0.6) is 0 Å². The predicted octanol–water partition coefficient (Wildman–Crippen LogP) is 2.69. The number of nitrogens with two attached hydrogens (primary N) is 1. The van der Waals surface area contributed by atoms with Crippen LogP contribution in [0.25, 0.3) is 0 Å². The van der Waals surface area contributed by atoms with Gasteiger partial charge in [-0.1, -0.05) is 19.1 Å². The Morgan fingerprint density at radius 1 is 1.29 bits per heavy atom. The van der Waals surface area contributed by atoms with Crippen LogP contribution in [-0.2, 0) is 6.42 Å². The maximum atomic E-state index is 9.06. The molecule has 17 heavy (non-hydrogen) atoms. The largest absolute Gasteiger partial charge is 0.396 e. The summed E-state index contributed by atoms with van der Waals surface area (Å²) in [6.07, 6.45) is 3.18. The molecule has 96 valence electrons. The number of hydrogen-bond donors (Lipinski definition) is 2. The van der Waals surface area contributed by atoms with Gasteiger partial charge in [-0.2, -0.15) is 0 Å². The second kappa shape index (κ2) is 8.56. The molecular formula is C14H23NOS. The molecule has 0 saturated heterocycles. The van der Waals surface area contributed by atoms with Crippen LogP contribution in [0.4, 0.5) is 0 Å². The van der Waals surface area contributed by atoms with Crippen LogP contribution in [0.15, 0.2) is 29.2 Å². The third-order valence-electron chi connectivity index (χ3n) is 2.83. The van der Waals surface area contributed by atoms with Crippen molar-refractivity contribution in [2.45, 2.75) is 31.1 Å². The molecule has 1 aromatic rings. The molecule has 2 nitrogen and oxygen atoms in total. The Morgan fingerprint density at radius 2 is 2.00 bits per heavy atom. The van der Waals surface area contributed by atoms with Crippen molar-refractivity contribution in [2.75, 3.05) is 18.9 Å². The third kappa shape index (κ3) is 5.57. The van der Waals surface area contributed by atoms with Gasteiger partial charge in [-0.15, -0.1) is 11.8 Å². The first kappa shape index (κ1) is 14.6. The molecule has 1 atom stereocenters. The summed E-state index contributed by atoms with van der Waals surface area (Å²) >= 11 is 1.90. The van der Waals surface area contributed by atoms with Gasteiger partial charge in [-0.3, -0.25) is 0 Å². The zero-order valence-electron chi connectivity index (χ0n) is 10.6. The Balaban J connectivity index is 2.39. The smallest absolute Gasteiger partial charge is 0.0471 e. The van der Waals surface area contributed by atoms with E-state index in [0.29, 0.717) is 6.54 Å². The van der Waals surface area contributed by atoms with Gasteiger partial charge in [-0.05, 0) is 55.2 Å². The summed E-state index contributed by atoms with van der Waals surface area (Å²) in [5.74, 6) is 1.42. The number of aliphatic hydroxyl groups is 1. The lowest BCUT2D eigenvalue weighted by Crippen LogP contribution is -2.18. The van der Waals surface area contributed by atoms with E-state index in [-0.39, 0.29) is 12.5 Å². The van der Waals surface area contributed by atoms with Crippen molar-refractivity contribution in [1.82, 2.24) is 0 Å². The summed E-state index contributed by atoms with van der Waals surface area (Å²) < 4.78 is 0. The molecule has 0 amide bonds. The average molecular weight is 253 g/mol. The van der Waals surface area contributed by atoms with Gasteiger partial charge >= 0.3 is 0 Å². The molecule has 0 aliphatic carbocycles. The molecule has 0 heterocycles. The molecule has 0 aromatic heterocycles. The highest BCUT2D eigenvalue weighted by Gasteiger charge is 2.05. The van der Waals surface area contributed by atoms with Crippen LogP contribution >= 0.6 is 11.8 Å². The van der Waals surface area contributed by atoms with E-state index in [9.17, 15) is 0 Å². The van der Waals surface area contributed by atoms with Crippen LogP contribution in [0.3, 0.4) is 0 Å². The monoisotopic (exact) mass is 253 g/mol. The van der Waals surface area contributed by atoms with Crippen molar-refractivity contribution in [3.8, 4) is 0 Å². The summed E-state index contributed by atoms with van der Waals surface area (Å²) in [5, 5.41) is 9.06. The highest BCUT2D eigenvalue weighted by Crippen LogP contribution is 2.20. The molecular weight excluding hydrogens is 230 g/mol. The fourth-order valence-electron chi connectivity index (χ4n) is 1.63. The summed E-state index contributed by atoms with van der Waals surface area (Å²) in [6.45, 7) is 2.96. The maximum Gasteiger partial charge on any atom is 0.0471 e. The Kier molecular flexibility index (Phi) is 7.33. The summed E-state index contributed by atoms with van der Waals surface area (Å²) in [5.41, 5.74) is 6.89. The lowest BCUT2D eigenvalue weighted by atomic mass is 10.0. The highest BCUT2D eigenvalue weighted by molar-refractivity contribution is 7.99. The van der Waals surface area contributed by atoms with E-state index in [4.69, 9.17) is 10.8 Å². The second-order valence-electron chi connectivity index (χ2n) is 4.32. The first-order chi connectivity index (χ1) is 8.30. The van der Waals surface area contributed by atoms with Crippen LogP contribution in [-0.4, -0.2) is 24.0 Å².